The summed E-state index contributed by atoms with van der Waals surface area (Å²) in [5.74, 6) is -2.40. The molecule has 0 saturated heterocycles. The molecule has 2 aromatic rings. The predicted octanol–water partition coefficient (Wildman–Crippen LogP) is 2.77. The van der Waals surface area contributed by atoms with Crippen LogP contribution in [-0.2, 0) is 6.54 Å². The van der Waals surface area contributed by atoms with Gasteiger partial charge in [-0.15, -0.1) is 0 Å². The van der Waals surface area contributed by atoms with Crippen LogP contribution >= 0.6 is 15.9 Å². The van der Waals surface area contributed by atoms with Crippen LogP contribution in [0, 0.1) is 11.6 Å². The van der Waals surface area contributed by atoms with Crippen molar-refractivity contribution in [3.05, 3.63) is 46.2 Å². The van der Waals surface area contributed by atoms with Gasteiger partial charge in [0.1, 0.15) is 0 Å². The lowest BCUT2D eigenvalue weighted by Gasteiger charge is -2.06. The minimum Gasteiger partial charge on any atom is -0.421 e. The number of nitrogens with two attached hydrogens (primary N) is 1. The fourth-order valence-corrected chi connectivity index (χ4v) is 1.61. The first-order valence-corrected chi connectivity index (χ1v) is 5.73. The van der Waals surface area contributed by atoms with Crippen LogP contribution in [0.1, 0.15) is 5.56 Å². The lowest BCUT2D eigenvalue weighted by atomic mass is 10.3. The van der Waals surface area contributed by atoms with Gasteiger partial charge in [-0.1, -0.05) is 15.9 Å². The van der Waals surface area contributed by atoms with Crippen molar-refractivity contribution < 1.29 is 13.5 Å². The molecule has 0 aliphatic heterocycles. The van der Waals surface area contributed by atoms with Crippen molar-refractivity contribution in [2.75, 3.05) is 0 Å². The van der Waals surface area contributed by atoms with Crippen molar-refractivity contribution in [3.8, 4) is 11.8 Å². The molecule has 0 fully saturated rings. The molecular formula is C11H8BrF2N3O. The second-order valence-corrected chi connectivity index (χ2v) is 4.30. The van der Waals surface area contributed by atoms with E-state index in [0.29, 0.717) is 16.6 Å². The van der Waals surface area contributed by atoms with Crippen molar-refractivity contribution in [2.45, 2.75) is 6.54 Å². The number of ether oxygens (including phenoxy) is 1. The Labute approximate surface area is 110 Å². The molecule has 0 aliphatic rings. The van der Waals surface area contributed by atoms with Crippen LogP contribution in [-0.4, -0.2) is 9.97 Å². The summed E-state index contributed by atoms with van der Waals surface area (Å²) in [7, 11) is 0. The van der Waals surface area contributed by atoms with E-state index in [1.165, 1.54) is 18.5 Å². The second kappa shape index (κ2) is 5.36. The number of benzene rings is 1. The molecule has 94 valence electrons. The van der Waals surface area contributed by atoms with E-state index in [1.807, 2.05) is 0 Å². The van der Waals surface area contributed by atoms with Gasteiger partial charge in [-0.25, -0.2) is 14.4 Å². The van der Waals surface area contributed by atoms with Gasteiger partial charge in [0, 0.05) is 29.0 Å². The minimum atomic E-state index is -1.09. The van der Waals surface area contributed by atoms with Crippen molar-refractivity contribution >= 4 is 15.9 Å². The normalized spacial score (nSPS) is 10.4. The van der Waals surface area contributed by atoms with Crippen LogP contribution in [0.2, 0.25) is 0 Å². The van der Waals surface area contributed by atoms with Crippen LogP contribution in [0.15, 0.2) is 29.0 Å². The lowest BCUT2D eigenvalue weighted by Crippen LogP contribution is -2.00. The molecule has 0 bridgehead atoms. The molecule has 0 radical (unpaired) electrons. The Morgan fingerprint density at radius 1 is 1.22 bits per heavy atom. The van der Waals surface area contributed by atoms with E-state index in [9.17, 15) is 8.78 Å². The highest BCUT2D eigenvalue weighted by atomic mass is 79.9. The Hall–Kier alpha value is -1.60. The fourth-order valence-electron chi connectivity index (χ4n) is 1.21. The summed E-state index contributed by atoms with van der Waals surface area (Å²) in [5, 5.41) is 0. The van der Waals surface area contributed by atoms with Crippen LogP contribution in [0.25, 0.3) is 0 Å². The molecule has 0 aliphatic carbocycles. The first-order valence-electron chi connectivity index (χ1n) is 4.93. The van der Waals surface area contributed by atoms with Crippen LogP contribution in [0.4, 0.5) is 8.78 Å². The zero-order chi connectivity index (χ0) is 13.1. The van der Waals surface area contributed by atoms with Crippen molar-refractivity contribution in [1.29, 1.82) is 0 Å². The Bertz CT molecular complexity index is 563. The van der Waals surface area contributed by atoms with E-state index in [4.69, 9.17) is 10.5 Å². The Balaban J connectivity index is 2.27. The summed E-state index contributed by atoms with van der Waals surface area (Å²) in [6.45, 7) is 0.292. The largest absolute Gasteiger partial charge is 0.421 e. The Morgan fingerprint density at radius 2 is 1.89 bits per heavy atom. The SMILES string of the molecule is NCc1cnc(Oc2cc(Br)cc(F)c2F)nc1. The molecule has 2 rings (SSSR count). The van der Waals surface area contributed by atoms with Crippen LogP contribution in [0.5, 0.6) is 11.8 Å². The highest BCUT2D eigenvalue weighted by molar-refractivity contribution is 9.10. The van der Waals surface area contributed by atoms with Gasteiger partial charge in [-0.2, -0.15) is 4.39 Å². The van der Waals surface area contributed by atoms with E-state index in [0.717, 1.165) is 6.07 Å². The highest BCUT2D eigenvalue weighted by Gasteiger charge is 2.13. The van der Waals surface area contributed by atoms with Crippen LogP contribution in [0.3, 0.4) is 0 Å². The number of hydrogen-bond donors (Lipinski definition) is 1. The molecule has 1 aromatic heterocycles. The van der Waals surface area contributed by atoms with Gasteiger partial charge in [-0.3, -0.25) is 0 Å². The standard InChI is InChI=1S/C11H8BrF2N3O/c12-7-1-8(13)10(14)9(2-7)18-11-16-4-6(3-15)5-17-11/h1-2,4-5H,3,15H2. The quantitative estimate of drug-likeness (QED) is 0.885. The number of halogens is 3. The molecule has 1 aromatic carbocycles. The molecule has 7 heteroatoms. The molecule has 0 atom stereocenters. The summed E-state index contributed by atoms with van der Waals surface area (Å²) in [6, 6.07) is 2.21. The molecule has 4 nitrogen and oxygen atoms in total. The lowest BCUT2D eigenvalue weighted by molar-refractivity contribution is 0.392. The summed E-state index contributed by atoms with van der Waals surface area (Å²) in [5.41, 5.74) is 6.09. The summed E-state index contributed by atoms with van der Waals surface area (Å²) in [4.78, 5) is 7.65. The number of rotatable bonds is 3. The van der Waals surface area contributed by atoms with E-state index in [1.54, 1.807) is 0 Å². The molecule has 18 heavy (non-hydrogen) atoms. The van der Waals surface area contributed by atoms with Gasteiger partial charge in [-0.05, 0) is 12.1 Å². The van der Waals surface area contributed by atoms with E-state index < -0.39 is 11.6 Å². The van der Waals surface area contributed by atoms with Gasteiger partial charge in [0.2, 0.25) is 5.82 Å². The third-order valence-electron chi connectivity index (χ3n) is 2.08. The van der Waals surface area contributed by atoms with Gasteiger partial charge in [0.25, 0.3) is 0 Å². The monoisotopic (exact) mass is 315 g/mol. The molecule has 2 N–H and O–H groups in total. The molecule has 0 unspecified atom stereocenters. The second-order valence-electron chi connectivity index (χ2n) is 3.38. The fraction of sp³-hybridized carbons (Fsp3) is 0.0909. The average molecular weight is 316 g/mol. The van der Waals surface area contributed by atoms with Crippen molar-refractivity contribution in [3.63, 3.8) is 0 Å². The van der Waals surface area contributed by atoms with Crippen molar-refractivity contribution in [2.24, 2.45) is 5.73 Å². The Kier molecular flexibility index (Phi) is 3.83. The average Bonchev–Trinajstić information content (AvgIpc) is 2.36. The van der Waals surface area contributed by atoms with E-state index in [-0.39, 0.29) is 11.8 Å². The maximum Gasteiger partial charge on any atom is 0.321 e. The number of aromatic nitrogens is 2. The highest BCUT2D eigenvalue weighted by Crippen LogP contribution is 2.27. The number of nitrogens with zero attached hydrogens (tertiary/aromatic N) is 2. The maximum absolute atomic E-state index is 13.4. The molecule has 0 spiro atoms. The smallest absolute Gasteiger partial charge is 0.321 e. The summed E-state index contributed by atoms with van der Waals surface area (Å²) < 4.78 is 32.0. The van der Waals surface area contributed by atoms with Crippen LogP contribution < -0.4 is 10.5 Å². The zero-order valence-electron chi connectivity index (χ0n) is 9.03. The zero-order valence-corrected chi connectivity index (χ0v) is 10.6. The van der Waals surface area contributed by atoms with Crippen molar-refractivity contribution in [1.82, 2.24) is 9.97 Å². The van der Waals surface area contributed by atoms with Gasteiger partial charge >= 0.3 is 6.01 Å². The topological polar surface area (TPSA) is 61.0 Å². The maximum atomic E-state index is 13.4. The van der Waals surface area contributed by atoms with E-state index in [2.05, 4.69) is 25.9 Å². The third-order valence-corrected chi connectivity index (χ3v) is 2.54. The predicted molar refractivity (Wildman–Crippen MR) is 64.1 cm³/mol. The molecule has 0 amide bonds. The third kappa shape index (κ3) is 2.80. The summed E-state index contributed by atoms with van der Waals surface area (Å²) >= 11 is 3.04. The van der Waals surface area contributed by atoms with E-state index >= 15 is 0 Å². The first-order chi connectivity index (χ1) is 8.60. The summed E-state index contributed by atoms with van der Waals surface area (Å²) in [6.07, 6.45) is 2.91. The van der Waals surface area contributed by atoms with Gasteiger partial charge in [0.15, 0.2) is 11.6 Å². The molecular weight excluding hydrogens is 308 g/mol. The molecule has 1 heterocycles. The van der Waals surface area contributed by atoms with Gasteiger partial charge < -0.3 is 10.5 Å². The number of hydrogen-bond acceptors (Lipinski definition) is 4. The van der Waals surface area contributed by atoms with Gasteiger partial charge in [0.05, 0.1) is 0 Å². The first kappa shape index (κ1) is 12.8. The molecule has 0 saturated carbocycles. The minimum absolute atomic E-state index is 0.0800. The Morgan fingerprint density at radius 3 is 2.50 bits per heavy atom.